The Morgan fingerprint density at radius 2 is 2.20 bits per heavy atom. The van der Waals surface area contributed by atoms with Gasteiger partial charge in [-0.1, -0.05) is 6.92 Å². The molecule has 1 atom stereocenters. The van der Waals surface area contributed by atoms with E-state index in [1.807, 2.05) is 26.8 Å². The van der Waals surface area contributed by atoms with Gasteiger partial charge in [-0.2, -0.15) is 0 Å². The quantitative estimate of drug-likeness (QED) is 0.744. The summed E-state index contributed by atoms with van der Waals surface area (Å²) in [5.74, 6) is -0.0348. The Hall–Kier alpha value is -1.51. The van der Waals surface area contributed by atoms with Crippen molar-refractivity contribution in [2.24, 2.45) is 0 Å². The van der Waals surface area contributed by atoms with Crippen molar-refractivity contribution in [3.63, 3.8) is 0 Å². The summed E-state index contributed by atoms with van der Waals surface area (Å²) in [6.45, 7) is 5.93. The molecule has 1 aromatic carbocycles. The van der Waals surface area contributed by atoms with E-state index < -0.39 is 0 Å². The van der Waals surface area contributed by atoms with Gasteiger partial charge in [-0.05, 0) is 44.0 Å². The fraction of sp³-hybridized carbons (Fsp3) is 0.417. The molecule has 0 saturated carbocycles. The van der Waals surface area contributed by atoms with Crippen LogP contribution in [0.3, 0.4) is 0 Å². The van der Waals surface area contributed by atoms with Crippen LogP contribution in [0.2, 0.25) is 0 Å². The van der Waals surface area contributed by atoms with Gasteiger partial charge in [0.05, 0.1) is 0 Å². The van der Waals surface area contributed by atoms with Gasteiger partial charge in [0.25, 0.3) is 5.91 Å². The van der Waals surface area contributed by atoms with Crippen LogP contribution in [-0.4, -0.2) is 11.9 Å². The molecule has 0 heterocycles. The first-order chi connectivity index (χ1) is 7.04. The number of rotatable bonds is 3. The summed E-state index contributed by atoms with van der Waals surface area (Å²) in [5.41, 5.74) is 8.01. The van der Waals surface area contributed by atoms with Gasteiger partial charge in [0.15, 0.2) is 0 Å². The van der Waals surface area contributed by atoms with Gasteiger partial charge < -0.3 is 11.1 Å². The minimum absolute atomic E-state index is 0.0348. The molecule has 0 radical (unpaired) electrons. The van der Waals surface area contributed by atoms with Gasteiger partial charge >= 0.3 is 0 Å². The number of hydrogen-bond acceptors (Lipinski definition) is 2. The van der Waals surface area contributed by atoms with E-state index in [0.29, 0.717) is 5.56 Å². The Morgan fingerprint density at radius 1 is 1.53 bits per heavy atom. The maximum Gasteiger partial charge on any atom is 0.251 e. The molecular weight excluding hydrogens is 188 g/mol. The van der Waals surface area contributed by atoms with Crippen LogP contribution in [-0.2, 0) is 0 Å². The summed E-state index contributed by atoms with van der Waals surface area (Å²) in [4.78, 5) is 11.7. The SMILES string of the molecule is CC[C@@H](C)NC(=O)c1ccc(N)c(C)c1. The number of anilines is 1. The van der Waals surface area contributed by atoms with E-state index >= 15 is 0 Å². The minimum Gasteiger partial charge on any atom is -0.399 e. The van der Waals surface area contributed by atoms with Crippen molar-refractivity contribution in [1.29, 1.82) is 0 Å². The average Bonchev–Trinajstić information content (AvgIpc) is 2.21. The zero-order valence-corrected chi connectivity index (χ0v) is 9.50. The lowest BCUT2D eigenvalue weighted by Crippen LogP contribution is -2.31. The molecule has 0 saturated heterocycles. The first-order valence-corrected chi connectivity index (χ1v) is 5.21. The molecule has 0 aliphatic heterocycles. The lowest BCUT2D eigenvalue weighted by molar-refractivity contribution is 0.0939. The number of nitrogens with one attached hydrogen (secondary N) is 1. The Bertz CT molecular complexity index is 361. The first kappa shape index (κ1) is 11.6. The second-order valence-electron chi connectivity index (χ2n) is 3.85. The standard InChI is InChI=1S/C12H18N2O/c1-4-9(3)14-12(15)10-5-6-11(13)8(2)7-10/h5-7,9H,4,13H2,1-3H3,(H,14,15)/t9-/m1/s1. The number of amides is 1. The number of aryl methyl sites for hydroxylation is 1. The summed E-state index contributed by atoms with van der Waals surface area (Å²) >= 11 is 0. The summed E-state index contributed by atoms with van der Waals surface area (Å²) in [6.07, 6.45) is 0.930. The number of nitrogens with two attached hydrogens (primary N) is 1. The maximum atomic E-state index is 11.7. The second kappa shape index (κ2) is 4.82. The molecule has 1 rings (SSSR count). The molecule has 0 fully saturated rings. The Kier molecular flexibility index (Phi) is 3.72. The van der Waals surface area contributed by atoms with Gasteiger partial charge in [0.2, 0.25) is 0 Å². The van der Waals surface area contributed by atoms with Gasteiger partial charge in [-0.3, -0.25) is 4.79 Å². The molecule has 3 N–H and O–H groups in total. The number of hydrogen-bond donors (Lipinski definition) is 2. The van der Waals surface area contributed by atoms with E-state index in [1.54, 1.807) is 12.1 Å². The average molecular weight is 206 g/mol. The zero-order chi connectivity index (χ0) is 11.4. The number of carbonyl (C=O) groups is 1. The van der Waals surface area contributed by atoms with Crippen molar-refractivity contribution in [3.8, 4) is 0 Å². The molecule has 0 unspecified atom stereocenters. The highest BCUT2D eigenvalue weighted by Crippen LogP contribution is 2.12. The van der Waals surface area contributed by atoms with E-state index in [4.69, 9.17) is 5.73 Å². The van der Waals surface area contributed by atoms with Crippen LogP contribution in [0, 0.1) is 6.92 Å². The first-order valence-electron chi connectivity index (χ1n) is 5.21. The lowest BCUT2D eigenvalue weighted by Gasteiger charge is -2.12. The summed E-state index contributed by atoms with van der Waals surface area (Å²) in [6, 6.07) is 5.53. The Balaban J connectivity index is 2.78. The minimum atomic E-state index is -0.0348. The van der Waals surface area contributed by atoms with E-state index in [2.05, 4.69) is 5.32 Å². The van der Waals surface area contributed by atoms with Crippen LogP contribution >= 0.6 is 0 Å². The van der Waals surface area contributed by atoms with E-state index in [0.717, 1.165) is 17.7 Å². The van der Waals surface area contributed by atoms with Gasteiger partial charge in [0, 0.05) is 17.3 Å². The highest BCUT2D eigenvalue weighted by Gasteiger charge is 2.08. The van der Waals surface area contributed by atoms with Crippen molar-refractivity contribution in [2.75, 3.05) is 5.73 Å². The smallest absolute Gasteiger partial charge is 0.251 e. The largest absolute Gasteiger partial charge is 0.399 e. The third-order valence-corrected chi connectivity index (χ3v) is 2.52. The molecule has 3 nitrogen and oxygen atoms in total. The Labute approximate surface area is 90.7 Å². The van der Waals surface area contributed by atoms with Crippen molar-refractivity contribution in [1.82, 2.24) is 5.32 Å². The van der Waals surface area contributed by atoms with Crippen LogP contribution in [0.25, 0.3) is 0 Å². The predicted molar refractivity (Wildman–Crippen MR) is 62.8 cm³/mol. The van der Waals surface area contributed by atoms with E-state index in [-0.39, 0.29) is 11.9 Å². The van der Waals surface area contributed by atoms with Gasteiger partial charge in [0.1, 0.15) is 0 Å². The third kappa shape index (κ3) is 2.98. The van der Waals surface area contributed by atoms with Crippen LogP contribution in [0.5, 0.6) is 0 Å². The molecule has 0 bridgehead atoms. The number of carbonyl (C=O) groups excluding carboxylic acids is 1. The molecule has 0 aliphatic rings. The van der Waals surface area contributed by atoms with Crippen LogP contribution in [0.15, 0.2) is 18.2 Å². The van der Waals surface area contributed by atoms with Crippen molar-refractivity contribution < 1.29 is 4.79 Å². The molecular formula is C12H18N2O. The van der Waals surface area contributed by atoms with Gasteiger partial charge in [-0.15, -0.1) is 0 Å². The molecule has 1 aromatic rings. The van der Waals surface area contributed by atoms with E-state index in [1.165, 1.54) is 0 Å². The molecule has 0 spiro atoms. The molecule has 82 valence electrons. The molecule has 1 amide bonds. The van der Waals surface area contributed by atoms with Crippen LogP contribution in [0.4, 0.5) is 5.69 Å². The monoisotopic (exact) mass is 206 g/mol. The van der Waals surface area contributed by atoms with Crippen LogP contribution in [0.1, 0.15) is 36.2 Å². The molecule has 0 aromatic heterocycles. The lowest BCUT2D eigenvalue weighted by atomic mass is 10.1. The summed E-state index contributed by atoms with van der Waals surface area (Å²) in [7, 11) is 0. The molecule has 3 heteroatoms. The molecule has 15 heavy (non-hydrogen) atoms. The number of benzene rings is 1. The molecule has 0 aliphatic carbocycles. The zero-order valence-electron chi connectivity index (χ0n) is 9.50. The Morgan fingerprint density at radius 3 is 2.73 bits per heavy atom. The van der Waals surface area contributed by atoms with Crippen molar-refractivity contribution >= 4 is 11.6 Å². The summed E-state index contributed by atoms with van der Waals surface area (Å²) < 4.78 is 0. The second-order valence-corrected chi connectivity index (χ2v) is 3.85. The predicted octanol–water partition coefficient (Wildman–Crippen LogP) is 2.11. The maximum absolute atomic E-state index is 11.7. The normalized spacial score (nSPS) is 12.2. The van der Waals surface area contributed by atoms with Gasteiger partial charge in [-0.25, -0.2) is 0 Å². The van der Waals surface area contributed by atoms with Crippen LogP contribution < -0.4 is 11.1 Å². The highest BCUT2D eigenvalue weighted by molar-refractivity contribution is 5.95. The third-order valence-electron chi connectivity index (χ3n) is 2.52. The van der Waals surface area contributed by atoms with Crippen molar-refractivity contribution in [2.45, 2.75) is 33.2 Å². The fourth-order valence-electron chi connectivity index (χ4n) is 1.23. The number of nitrogen functional groups attached to an aromatic ring is 1. The fourth-order valence-corrected chi connectivity index (χ4v) is 1.23. The topological polar surface area (TPSA) is 55.1 Å². The van der Waals surface area contributed by atoms with Crippen molar-refractivity contribution in [3.05, 3.63) is 29.3 Å². The summed E-state index contributed by atoms with van der Waals surface area (Å²) in [5, 5.41) is 2.91. The van der Waals surface area contributed by atoms with E-state index in [9.17, 15) is 4.79 Å². The highest BCUT2D eigenvalue weighted by atomic mass is 16.1.